The zero-order valence-electron chi connectivity index (χ0n) is 13.6. The Morgan fingerprint density at radius 1 is 1.25 bits per heavy atom. The quantitative estimate of drug-likeness (QED) is 0.807. The van der Waals surface area contributed by atoms with E-state index in [4.69, 9.17) is 0 Å². The molecule has 1 aliphatic carbocycles. The summed E-state index contributed by atoms with van der Waals surface area (Å²) in [6.07, 6.45) is 6.91. The van der Waals surface area contributed by atoms with E-state index >= 15 is 0 Å². The lowest BCUT2D eigenvalue weighted by atomic mass is 9.64. The maximum atomic E-state index is 3.42. The molecule has 1 aromatic rings. The molecule has 0 aliphatic heterocycles. The van der Waals surface area contributed by atoms with E-state index in [0.29, 0.717) is 5.41 Å². The summed E-state index contributed by atoms with van der Waals surface area (Å²) in [4.78, 5) is 0. The Morgan fingerprint density at radius 2 is 2.05 bits per heavy atom. The zero-order valence-corrected chi connectivity index (χ0v) is 14.4. The van der Waals surface area contributed by atoms with E-state index in [0.717, 1.165) is 17.8 Å². The zero-order chi connectivity index (χ0) is 14.6. The van der Waals surface area contributed by atoms with Crippen molar-refractivity contribution in [1.82, 2.24) is 5.32 Å². The van der Waals surface area contributed by atoms with E-state index in [1.165, 1.54) is 44.2 Å². The van der Waals surface area contributed by atoms with Gasteiger partial charge in [0.15, 0.2) is 0 Å². The summed E-state index contributed by atoms with van der Waals surface area (Å²) in [5.74, 6) is 2.70. The van der Waals surface area contributed by atoms with Crippen LogP contribution >= 0.6 is 11.3 Å². The number of thiophene rings is 1. The minimum atomic E-state index is 0.477. The van der Waals surface area contributed by atoms with Crippen molar-refractivity contribution >= 4 is 11.3 Å². The molecule has 1 aliphatic rings. The van der Waals surface area contributed by atoms with Gasteiger partial charge in [-0.15, -0.1) is 0 Å². The molecule has 0 radical (unpaired) electrons. The molecule has 3 atom stereocenters. The van der Waals surface area contributed by atoms with Gasteiger partial charge < -0.3 is 5.32 Å². The Bertz CT molecular complexity index is 377. The van der Waals surface area contributed by atoms with Crippen LogP contribution in [0.3, 0.4) is 0 Å². The van der Waals surface area contributed by atoms with E-state index in [9.17, 15) is 0 Å². The van der Waals surface area contributed by atoms with Crippen LogP contribution in [-0.4, -0.2) is 13.6 Å². The van der Waals surface area contributed by atoms with Gasteiger partial charge in [-0.1, -0.05) is 20.8 Å². The molecule has 1 saturated carbocycles. The standard InChI is InChI=1S/C18H31NS/c1-18(2,3)17-8-7-16(12-19-4)15(11-17)6-5-14-9-10-20-13-14/h9-10,13,15-17,19H,5-8,11-12H2,1-4H3. The number of nitrogens with one attached hydrogen (secondary N) is 1. The van der Waals surface area contributed by atoms with E-state index in [1.54, 1.807) is 0 Å². The molecular formula is C18H31NS. The maximum Gasteiger partial charge on any atom is -0.00209 e. The number of rotatable bonds is 5. The highest BCUT2D eigenvalue weighted by Gasteiger charge is 2.35. The first-order valence-corrected chi connectivity index (χ1v) is 9.10. The van der Waals surface area contributed by atoms with Gasteiger partial charge in [0.2, 0.25) is 0 Å². The van der Waals surface area contributed by atoms with Gasteiger partial charge in [0, 0.05) is 0 Å². The van der Waals surface area contributed by atoms with Gasteiger partial charge in [-0.3, -0.25) is 0 Å². The van der Waals surface area contributed by atoms with Crippen molar-refractivity contribution in [2.75, 3.05) is 13.6 Å². The minimum absolute atomic E-state index is 0.477. The first kappa shape index (κ1) is 16.0. The number of hydrogen-bond acceptors (Lipinski definition) is 2. The van der Waals surface area contributed by atoms with Crippen LogP contribution in [0.5, 0.6) is 0 Å². The molecule has 1 N–H and O–H groups in total. The predicted molar refractivity (Wildman–Crippen MR) is 90.3 cm³/mol. The Hall–Kier alpha value is -0.340. The summed E-state index contributed by atoms with van der Waals surface area (Å²) in [7, 11) is 2.10. The summed E-state index contributed by atoms with van der Waals surface area (Å²) in [5, 5.41) is 7.94. The largest absolute Gasteiger partial charge is 0.319 e. The Labute approximate surface area is 129 Å². The van der Waals surface area contributed by atoms with Gasteiger partial charge >= 0.3 is 0 Å². The van der Waals surface area contributed by atoms with Crippen LogP contribution in [0.1, 0.15) is 52.0 Å². The van der Waals surface area contributed by atoms with Gasteiger partial charge in [0.25, 0.3) is 0 Å². The molecule has 1 fully saturated rings. The van der Waals surface area contributed by atoms with Gasteiger partial charge in [0.05, 0.1) is 0 Å². The Morgan fingerprint density at radius 3 is 2.65 bits per heavy atom. The number of aryl methyl sites for hydroxylation is 1. The molecule has 0 saturated heterocycles. The second-order valence-corrected chi connectivity index (χ2v) is 8.40. The van der Waals surface area contributed by atoms with Crippen molar-refractivity contribution in [3.05, 3.63) is 22.4 Å². The van der Waals surface area contributed by atoms with Crippen molar-refractivity contribution in [3.63, 3.8) is 0 Å². The third kappa shape index (κ3) is 4.33. The van der Waals surface area contributed by atoms with Gasteiger partial charge in [0.1, 0.15) is 0 Å². The first-order chi connectivity index (χ1) is 9.50. The fraction of sp³-hybridized carbons (Fsp3) is 0.778. The van der Waals surface area contributed by atoms with Crippen molar-refractivity contribution < 1.29 is 0 Å². The SMILES string of the molecule is CNCC1CCC(C(C)(C)C)CC1CCc1ccsc1. The van der Waals surface area contributed by atoms with Crippen molar-refractivity contribution in [3.8, 4) is 0 Å². The first-order valence-electron chi connectivity index (χ1n) is 8.16. The summed E-state index contributed by atoms with van der Waals surface area (Å²) in [6.45, 7) is 8.47. The lowest BCUT2D eigenvalue weighted by molar-refractivity contribution is 0.0936. The Balaban J connectivity index is 1.95. The van der Waals surface area contributed by atoms with Crippen LogP contribution < -0.4 is 5.32 Å². The molecule has 1 aromatic heterocycles. The lowest BCUT2D eigenvalue weighted by Gasteiger charge is -2.42. The third-order valence-corrected chi connectivity index (χ3v) is 5.95. The summed E-state index contributed by atoms with van der Waals surface area (Å²) in [5.41, 5.74) is 2.02. The van der Waals surface area contributed by atoms with E-state index < -0.39 is 0 Å². The van der Waals surface area contributed by atoms with Crippen LogP contribution in [0.2, 0.25) is 0 Å². The second kappa shape index (κ2) is 7.09. The molecule has 2 rings (SSSR count). The van der Waals surface area contributed by atoms with Crippen molar-refractivity contribution in [2.24, 2.45) is 23.2 Å². The fourth-order valence-electron chi connectivity index (χ4n) is 3.78. The van der Waals surface area contributed by atoms with Crippen molar-refractivity contribution in [2.45, 2.75) is 52.9 Å². The Kier molecular flexibility index (Phi) is 5.68. The average Bonchev–Trinajstić information content (AvgIpc) is 2.89. The normalized spacial score (nSPS) is 27.7. The van der Waals surface area contributed by atoms with Gasteiger partial charge in [-0.05, 0) is 91.3 Å². The molecule has 1 nitrogen and oxygen atoms in total. The second-order valence-electron chi connectivity index (χ2n) is 7.62. The van der Waals surface area contributed by atoms with E-state index in [2.05, 4.69) is 50.0 Å². The monoisotopic (exact) mass is 293 g/mol. The van der Waals surface area contributed by atoms with Crippen LogP contribution in [0.25, 0.3) is 0 Å². The van der Waals surface area contributed by atoms with Crippen molar-refractivity contribution in [1.29, 1.82) is 0 Å². The van der Waals surface area contributed by atoms with Gasteiger partial charge in [-0.25, -0.2) is 0 Å². The lowest BCUT2D eigenvalue weighted by Crippen LogP contribution is -2.36. The third-order valence-electron chi connectivity index (χ3n) is 5.21. The van der Waals surface area contributed by atoms with Gasteiger partial charge in [-0.2, -0.15) is 11.3 Å². The van der Waals surface area contributed by atoms with E-state index in [-0.39, 0.29) is 0 Å². The summed E-state index contributed by atoms with van der Waals surface area (Å²) < 4.78 is 0. The average molecular weight is 294 g/mol. The highest BCUT2D eigenvalue weighted by Crippen LogP contribution is 2.44. The molecular weight excluding hydrogens is 262 g/mol. The van der Waals surface area contributed by atoms with Crippen LogP contribution in [0.15, 0.2) is 16.8 Å². The molecule has 0 bridgehead atoms. The van der Waals surface area contributed by atoms with Crippen LogP contribution in [0.4, 0.5) is 0 Å². The predicted octanol–water partition coefficient (Wildman–Crippen LogP) is 4.98. The molecule has 0 aromatic carbocycles. The molecule has 1 heterocycles. The molecule has 114 valence electrons. The summed E-state index contributed by atoms with van der Waals surface area (Å²) in [6, 6.07) is 2.29. The molecule has 0 amide bonds. The molecule has 20 heavy (non-hydrogen) atoms. The van der Waals surface area contributed by atoms with Crippen LogP contribution in [0, 0.1) is 23.2 Å². The number of hydrogen-bond donors (Lipinski definition) is 1. The fourth-order valence-corrected chi connectivity index (χ4v) is 4.49. The molecule has 0 spiro atoms. The summed E-state index contributed by atoms with van der Waals surface area (Å²) >= 11 is 1.83. The van der Waals surface area contributed by atoms with Crippen LogP contribution in [-0.2, 0) is 6.42 Å². The topological polar surface area (TPSA) is 12.0 Å². The minimum Gasteiger partial charge on any atom is -0.319 e. The highest BCUT2D eigenvalue weighted by atomic mass is 32.1. The molecule has 2 heteroatoms. The maximum absolute atomic E-state index is 3.42. The molecule has 3 unspecified atom stereocenters. The smallest absolute Gasteiger partial charge is 0.00209 e. The van der Waals surface area contributed by atoms with E-state index in [1.807, 2.05) is 11.3 Å². The highest BCUT2D eigenvalue weighted by molar-refractivity contribution is 7.07.